The molecule has 0 aliphatic carbocycles. The third-order valence-electron chi connectivity index (χ3n) is 2.99. The highest BCUT2D eigenvalue weighted by Gasteiger charge is 2.18. The van der Waals surface area contributed by atoms with Gasteiger partial charge in [0.15, 0.2) is 0 Å². The zero-order valence-electron chi connectivity index (χ0n) is 9.58. The van der Waals surface area contributed by atoms with Crippen LogP contribution in [0, 0.1) is 0 Å². The number of hydrogen-bond donors (Lipinski definition) is 2. The molecular weight excluding hydrogens is 227 g/mol. The SMILES string of the molecule is OB(O)c1cccc2c(-c3ccccc3)coc12. The first-order chi connectivity index (χ1) is 8.77. The molecule has 0 aliphatic heterocycles. The molecule has 0 saturated heterocycles. The Morgan fingerprint density at radius 1 is 0.889 bits per heavy atom. The van der Waals surface area contributed by atoms with E-state index in [9.17, 15) is 10.0 Å². The molecule has 1 aromatic heterocycles. The van der Waals surface area contributed by atoms with Crippen LogP contribution in [-0.4, -0.2) is 17.2 Å². The molecule has 0 spiro atoms. The van der Waals surface area contributed by atoms with Gasteiger partial charge in [0.05, 0.1) is 6.26 Å². The molecule has 0 atom stereocenters. The first-order valence-electron chi connectivity index (χ1n) is 5.69. The van der Waals surface area contributed by atoms with Gasteiger partial charge in [-0.25, -0.2) is 0 Å². The molecule has 3 rings (SSSR count). The van der Waals surface area contributed by atoms with Crippen molar-refractivity contribution in [2.75, 3.05) is 0 Å². The maximum Gasteiger partial charge on any atom is 0.492 e. The molecule has 3 aromatic rings. The lowest BCUT2D eigenvalue weighted by Crippen LogP contribution is -2.29. The summed E-state index contributed by atoms with van der Waals surface area (Å²) in [7, 11) is -1.52. The average molecular weight is 238 g/mol. The average Bonchev–Trinajstić information content (AvgIpc) is 2.83. The van der Waals surface area contributed by atoms with Crippen molar-refractivity contribution >= 4 is 23.6 Å². The molecule has 4 heteroatoms. The predicted molar refractivity (Wildman–Crippen MR) is 71.5 cm³/mol. The van der Waals surface area contributed by atoms with Gasteiger partial charge in [0.25, 0.3) is 0 Å². The van der Waals surface area contributed by atoms with Crippen molar-refractivity contribution in [3.8, 4) is 11.1 Å². The zero-order valence-corrected chi connectivity index (χ0v) is 9.58. The largest absolute Gasteiger partial charge is 0.492 e. The molecular formula is C14H11BO3. The molecule has 0 bridgehead atoms. The molecule has 0 fully saturated rings. The summed E-state index contributed by atoms with van der Waals surface area (Å²) in [4.78, 5) is 0. The van der Waals surface area contributed by atoms with Crippen LogP contribution in [0.15, 0.2) is 59.2 Å². The second-order valence-corrected chi connectivity index (χ2v) is 4.11. The highest BCUT2D eigenvalue weighted by Crippen LogP contribution is 2.29. The Morgan fingerprint density at radius 2 is 1.67 bits per heavy atom. The molecule has 0 aliphatic rings. The normalized spacial score (nSPS) is 10.8. The molecule has 2 N–H and O–H groups in total. The summed E-state index contributed by atoms with van der Waals surface area (Å²) in [6.07, 6.45) is 1.64. The lowest BCUT2D eigenvalue weighted by Gasteiger charge is -2.01. The Morgan fingerprint density at radius 3 is 2.39 bits per heavy atom. The molecule has 0 saturated carbocycles. The Hall–Kier alpha value is -2.04. The summed E-state index contributed by atoms with van der Waals surface area (Å²) in [6.45, 7) is 0. The predicted octanol–water partition coefficient (Wildman–Crippen LogP) is 1.78. The van der Waals surface area contributed by atoms with E-state index >= 15 is 0 Å². The van der Waals surface area contributed by atoms with E-state index in [-0.39, 0.29) is 0 Å². The van der Waals surface area contributed by atoms with Crippen LogP contribution in [0.3, 0.4) is 0 Å². The van der Waals surface area contributed by atoms with Crippen molar-refractivity contribution < 1.29 is 14.5 Å². The number of benzene rings is 2. The molecule has 0 radical (unpaired) electrons. The van der Waals surface area contributed by atoms with Crippen LogP contribution >= 0.6 is 0 Å². The minimum atomic E-state index is -1.52. The van der Waals surface area contributed by atoms with Crippen LogP contribution in [0.5, 0.6) is 0 Å². The van der Waals surface area contributed by atoms with E-state index in [1.54, 1.807) is 18.4 Å². The molecule has 18 heavy (non-hydrogen) atoms. The van der Waals surface area contributed by atoms with E-state index in [1.807, 2.05) is 36.4 Å². The molecule has 1 heterocycles. The highest BCUT2D eigenvalue weighted by molar-refractivity contribution is 6.61. The molecule has 0 amide bonds. The van der Waals surface area contributed by atoms with Crippen LogP contribution in [0.1, 0.15) is 0 Å². The highest BCUT2D eigenvalue weighted by atomic mass is 16.4. The number of fused-ring (bicyclic) bond motifs is 1. The van der Waals surface area contributed by atoms with Gasteiger partial charge in [0.1, 0.15) is 5.58 Å². The van der Waals surface area contributed by atoms with Crippen molar-refractivity contribution in [3.63, 3.8) is 0 Å². The van der Waals surface area contributed by atoms with Gasteiger partial charge in [-0.3, -0.25) is 0 Å². The minimum absolute atomic E-state index is 0.384. The van der Waals surface area contributed by atoms with E-state index < -0.39 is 7.12 Å². The lowest BCUT2D eigenvalue weighted by atomic mass is 9.79. The van der Waals surface area contributed by atoms with Gasteiger partial charge in [0.2, 0.25) is 0 Å². The second-order valence-electron chi connectivity index (χ2n) is 4.11. The Labute approximate surface area is 104 Å². The maximum atomic E-state index is 9.30. The van der Waals surface area contributed by atoms with Crippen molar-refractivity contribution in [2.24, 2.45) is 0 Å². The summed E-state index contributed by atoms with van der Waals surface area (Å²) in [5.74, 6) is 0. The second kappa shape index (κ2) is 4.33. The fourth-order valence-electron chi connectivity index (χ4n) is 2.12. The van der Waals surface area contributed by atoms with Crippen molar-refractivity contribution in [3.05, 3.63) is 54.8 Å². The Kier molecular flexibility index (Phi) is 2.66. The van der Waals surface area contributed by atoms with Gasteiger partial charge >= 0.3 is 7.12 Å². The van der Waals surface area contributed by atoms with Gasteiger partial charge in [-0.05, 0) is 5.56 Å². The third-order valence-corrected chi connectivity index (χ3v) is 2.99. The fourth-order valence-corrected chi connectivity index (χ4v) is 2.12. The van der Waals surface area contributed by atoms with E-state index in [1.165, 1.54) is 0 Å². The molecule has 0 unspecified atom stereocenters. The number of furan rings is 1. The first kappa shape index (κ1) is 11.1. The number of para-hydroxylation sites is 1. The quantitative estimate of drug-likeness (QED) is 0.669. The van der Waals surface area contributed by atoms with Gasteiger partial charge in [-0.2, -0.15) is 0 Å². The number of hydrogen-bond acceptors (Lipinski definition) is 3. The van der Waals surface area contributed by atoms with Crippen molar-refractivity contribution in [1.29, 1.82) is 0 Å². The third kappa shape index (κ3) is 1.72. The van der Waals surface area contributed by atoms with Crippen molar-refractivity contribution in [2.45, 2.75) is 0 Å². The van der Waals surface area contributed by atoms with Crippen LogP contribution in [0.2, 0.25) is 0 Å². The molecule has 2 aromatic carbocycles. The van der Waals surface area contributed by atoms with E-state index in [4.69, 9.17) is 4.42 Å². The summed E-state index contributed by atoms with van der Waals surface area (Å²) >= 11 is 0. The summed E-state index contributed by atoms with van der Waals surface area (Å²) < 4.78 is 5.48. The van der Waals surface area contributed by atoms with E-state index in [2.05, 4.69) is 0 Å². The van der Waals surface area contributed by atoms with Crippen LogP contribution < -0.4 is 5.46 Å². The van der Waals surface area contributed by atoms with Gasteiger partial charge in [0, 0.05) is 16.4 Å². The Bertz CT molecular complexity index is 674. The van der Waals surface area contributed by atoms with E-state index in [0.29, 0.717) is 11.0 Å². The topological polar surface area (TPSA) is 53.6 Å². The zero-order chi connectivity index (χ0) is 12.5. The summed E-state index contributed by atoms with van der Waals surface area (Å²) in [5, 5.41) is 19.5. The van der Waals surface area contributed by atoms with Crippen LogP contribution in [0.25, 0.3) is 22.1 Å². The summed E-state index contributed by atoms with van der Waals surface area (Å²) in [5.41, 5.74) is 2.90. The molecule has 3 nitrogen and oxygen atoms in total. The number of rotatable bonds is 2. The molecule has 88 valence electrons. The van der Waals surface area contributed by atoms with Gasteiger partial charge in [-0.1, -0.05) is 48.5 Å². The van der Waals surface area contributed by atoms with Gasteiger partial charge in [-0.15, -0.1) is 0 Å². The monoisotopic (exact) mass is 238 g/mol. The Balaban J connectivity index is 2.25. The first-order valence-corrected chi connectivity index (χ1v) is 5.69. The minimum Gasteiger partial charge on any atom is -0.464 e. The van der Waals surface area contributed by atoms with Crippen LogP contribution in [-0.2, 0) is 0 Å². The van der Waals surface area contributed by atoms with Gasteiger partial charge < -0.3 is 14.5 Å². The standard InChI is InChI=1S/C14H11BO3/c16-15(17)13-8-4-7-11-12(9-18-14(11)13)10-5-2-1-3-6-10/h1-9,16-17H. The van der Waals surface area contributed by atoms with Crippen molar-refractivity contribution in [1.82, 2.24) is 0 Å². The van der Waals surface area contributed by atoms with Crippen LogP contribution in [0.4, 0.5) is 0 Å². The maximum absolute atomic E-state index is 9.30. The lowest BCUT2D eigenvalue weighted by molar-refractivity contribution is 0.425. The smallest absolute Gasteiger partial charge is 0.464 e. The fraction of sp³-hybridized carbons (Fsp3) is 0. The summed E-state index contributed by atoms with van der Waals surface area (Å²) in [6, 6.07) is 15.2. The van der Waals surface area contributed by atoms with E-state index in [0.717, 1.165) is 16.5 Å².